The Bertz CT molecular complexity index is 896. The molecule has 1 aromatic carbocycles. The number of benzene rings is 1. The zero-order chi connectivity index (χ0) is 22.4. The molecule has 0 radical (unpaired) electrons. The molecular formula is C25H33N3O3. The topological polar surface area (TPSA) is 62.7 Å². The summed E-state index contributed by atoms with van der Waals surface area (Å²) in [5, 5.41) is 0. The molecule has 6 heteroatoms. The van der Waals surface area contributed by atoms with Gasteiger partial charge in [0.25, 0.3) is 5.91 Å². The van der Waals surface area contributed by atoms with Crippen molar-refractivity contribution in [1.29, 1.82) is 0 Å². The first-order chi connectivity index (χ1) is 14.9. The van der Waals surface area contributed by atoms with E-state index in [2.05, 4.69) is 4.98 Å². The Balaban J connectivity index is 1.98. The quantitative estimate of drug-likeness (QED) is 0.685. The Kier molecular flexibility index (Phi) is 7.44. The molecule has 0 spiro atoms. The highest BCUT2D eigenvalue weighted by Gasteiger charge is 2.46. The Morgan fingerprint density at radius 2 is 1.90 bits per heavy atom. The zero-order valence-electron chi connectivity index (χ0n) is 19.0. The minimum Gasteiger partial charge on any atom is -0.361 e. The molecule has 0 bridgehead atoms. The molecule has 1 aliphatic rings. The number of likely N-dealkylation sites (N-methyl/N-ethyl adjacent to an activating group) is 1. The number of morpholine rings is 1. The van der Waals surface area contributed by atoms with E-state index in [0.29, 0.717) is 19.6 Å². The lowest BCUT2D eigenvalue weighted by Crippen LogP contribution is -2.62. The average molecular weight is 424 g/mol. The average Bonchev–Trinajstić information content (AvgIpc) is 2.80. The van der Waals surface area contributed by atoms with Crippen molar-refractivity contribution in [2.75, 3.05) is 33.8 Å². The minimum atomic E-state index is -1.11. The predicted molar refractivity (Wildman–Crippen MR) is 121 cm³/mol. The molecule has 31 heavy (non-hydrogen) atoms. The van der Waals surface area contributed by atoms with Crippen LogP contribution in [0.1, 0.15) is 32.3 Å². The Morgan fingerprint density at radius 3 is 2.55 bits per heavy atom. The number of rotatable bonds is 7. The molecule has 166 valence electrons. The van der Waals surface area contributed by atoms with Gasteiger partial charge in [-0.15, -0.1) is 0 Å². The molecule has 0 aliphatic carbocycles. The van der Waals surface area contributed by atoms with Gasteiger partial charge in [-0.05, 0) is 30.0 Å². The number of ether oxygens (including phenoxy) is 1. The highest BCUT2D eigenvalue weighted by molar-refractivity contribution is 5.88. The predicted octanol–water partition coefficient (Wildman–Crippen LogP) is 3.41. The summed E-state index contributed by atoms with van der Waals surface area (Å²) >= 11 is 0. The van der Waals surface area contributed by atoms with E-state index in [4.69, 9.17) is 4.74 Å². The van der Waals surface area contributed by atoms with Crippen LogP contribution >= 0.6 is 0 Å². The van der Waals surface area contributed by atoms with Gasteiger partial charge < -0.3 is 14.5 Å². The first-order valence-corrected chi connectivity index (χ1v) is 11.0. The van der Waals surface area contributed by atoms with E-state index in [1.165, 1.54) is 0 Å². The molecule has 1 saturated heterocycles. The van der Waals surface area contributed by atoms with Crippen molar-refractivity contribution in [3.63, 3.8) is 0 Å². The lowest BCUT2D eigenvalue weighted by atomic mass is 9.86. The second-order valence-electron chi connectivity index (χ2n) is 8.39. The fourth-order valence-corrected chi connectivity index (χ4v) is 4.37. The monoisotopic (exact) mass is 423 g/mol. The molecule has 2 amide bonds. The van der Waals surface area contributed by atoms with Crippen LogP contribution in [-0.2, 0) is 20.7 Å². The van der Waals surface area contributed by atoms with E-state index in [1.54, 1.807) is 25.2 Å². The first kappa shape index (κ1) is 22.9. The van der Waals surface area contributed by atoms with Crippen molar-refractivity contribution in [3.05, 3.63) is 54.4 Å². The molecule has 0 saturated carbocycles. The molecule has 2 aromatic rings. The van der Waals surface area contributed by atoms with Crippen molar-refractivity contribution in [2.24, 2.45) is 5.92 Å². The maximum absolute atomic E-state index is 13.4. The van der Waals surface area contributed by atoms with Crippen molar-refractivity contribution < 1.29 is 14.3 Å². The van der Waals surface area contributed by atoms with Gasteiger partial charge in [0.2, 0.25) is 5.91 Å². The van der Waals surface area contributed by atoms with Gasteiger partial charge in [-0.25, -0.2) is 0 Å². The van der Waals surface area contributed by atoms with Crippen LogP contribution in [0.2, 0.25) is 0 Å². The molecule has 1 aromatic heterocycles. The zero-order valence-corrected chi connectivity index (χ0v) is 19.0. The van der Waals surface area contributed by atoms with Crippen LogP contribution in [0.3, 0.4) is 0 Å². The van der Waals surface area contributed by atoms with Crippen LogP contribution in [0.15, 0.2) is 48.8 Å². The minimum absolute atomic E-state index is 0.0204. The second-order valence-corrected chi connectivity index (χ2v) is 8.39. The molecule has 6 nitrogen and oxygen atoms in total. The molecule has 1 atom stereocenters. The van der Waals surface area contributed by atoms with Crippen LogP contribution in [-0.4, -0.2) is 66.0 Å². The number of carbonyl (C=O) groups excluding carboxylic acids is 2. The van der Waals surface area contributed by atoms with Gasteiger partial charge in [-0.3, -0.25) is 14.6 Å². The van der Waals surface area contributed by atoms with Gasteiger partial charge in [0.05, 0.1) is 13.2 Å². The number of hydrogen-bond acceptors (Lipinski definition) is 4. The molecule has 1 fully saturated rings. The smallest absolute Gasteiger partial charge is 0.256 e. The van der Waals surface area contributed by atoms with E-state index >= 15 is 0 Å². The molecule has 0 N–H and O–H groups in total. The van der Waals surface area contributed by atoms with Gasteiger partial charge >= 0.3 is 0 Å². The number of aromatic nitrogens is 1. The van der Waals surface area contributed by atoms with Crippen LogP contribution in [0.25, 0.3) is 11.1 Å². The maximum Gasteiger partial charge on any atom is 0.256 e. The van der Waals surface area contributed by atoms with E-state index in [0.717, 1.165) is 29.5 Å². The molecule has 3 rings (SSSR count). The summed E-state index contributed by atoms with van der Waals surface area (Å²) in [6.07, 6.45) is 5.55. The lowest BCUT2D eigenvalue weighted by Gasteiger charge is -2.43. The summed E-state index contributed by atoms with van der Waals surface area (Å²) < 4.78 is 6.21. The van der Waals surface area contributed by atoms with E-state index in [1.807, 2.05) is 61.3 Å². The molecule has 2 heterocycles. The Labute approximate surface area is 185 Å². The van der Waals surface area contributed by atoms with Gasteiger partial charge in [0, 0.05) is 50.9 Å². The van der Waals surface area contributed by atoms with E-state index in [-0.39, 0.29) is 24.3 Å². The van der Waals surface area contributed by atoms with Crippen molar-refractivity contribution >= 4 is 11.8 Å². The van der Waals surface area contributed by atoms with Crippen LogP contribution in [0, 0.1) is 5.92 Å². The second kappa shape index (κ2) is 10.1. The number of carbonyl (C=O) groups is 2. The lowest BCUT2D eigenvalue weighted by molar-refractivity contribution is -0.174. The van der Waals surface area contributed by atoms with Crippen LogP contribution in [0.4, 0.5) is 0 Å². The summed E-state index contributed by atoms with van der Waals surface area (Å²) in [5.41, 5.74) is 1.91. The first-order valence-electron chi connectivity index (χ1n) is 11.0. The highest BCUT2D eigenvalue weighted by Crippen LogP contribution is 2.31. The fraction of sp³-hybridized carbons (Fsp3) is 0.480. The normalized spacial score (nSPS) is 18.8. The van der Waals surface area contributed by atoms with Gasteiger partial charge in [-0.2, -0.15) is 0 Å². The SMILES string of the molecule is CCC(CC)C(=O)N1CCO[C@](Cc2ccccc2-c2cccnc2)(C(=O)N(C)C)C1. The molecular weight excluding hydrogens is 390 g/mol. The summed E-state index contributed by atoms with van der Waals surface area (Å²) in [6, 6.07) is 11.9. The maximum atomic E-state index is 13.4. The number of pyridine rings is 1. The number of hydrogen-bond donors (Lipinski definition) is 0. The fourth-order valence-electron chi connectivity index (χ4n) is 4.37. The largest absolute Gasteiger partial charge is 0.361 e. The molecule has 1 aliphatic heterocycles. The van der Waals surface area contributed by atoms with Crippen LogP contribution in [0.5, 0.6) is 0 Å². The van der Waals surface area contributed by atoms with E-state index in [9.17, 15) is 9.59 Å². The third-order valence-electron chi connectivity index (χ3n) is 6.09. The number of amides is 2. The van der Waals surface area contributed by atoms with Crippen molar-refractivity contribution in [1.82, 2.24) is 14.8 Å². The summed E-state index contributed by atoms with van der Waals surface area (Å²) in [5.74, 6) is -0.0201. The molecule has 0 unspecified atom stereocenters. The summed E-state index contributed by atoms with van der Waals surface area (Å²) in [4.78, 5) is 34.2. The van der Waals surface area contributed by atoms with E-state index < -0.39 is 5.60 Å². The standard InChI is InChI=1S/C25H33N3O3/c1-5-19(6-2)23(29)28-14-15-31-25(18-28,24(30)27(3)4)16-20-10-7-8-12-22(20)21-11-9-13-26-17-21/h7-13,17,19H,5-6,14-16,18H2,1-4H3/t25-/m0/s1. The highest BCUT2D eigenvalue weighted by atomic mass is 16.5. The van der Waals surface area contributed by atoms with Gasteiger partial charge in [0.1, 0.15) is 0 Å². The summed E-state index contributed by atoms with van der Waals surface area (Å²) in [6.45, 7) is 5.20. The third kappa shape index (κ3) is 4.96. The van der Waals surface area contributed by atoms with Gasteiger partial charge in [0.15, 0.2) is 5.60 Å². The Hall–Kier alpha value is -2.73. The van der Waals surface area contributed by atoms with Crippen LogP contribution < -0.4 is 0 Å². The Morgan fingerprint density at radius 1 is 1.16 bits per heavy atom. The number of nitrogens with zero attached hydrogens (tertiary/aromatic N) is 3. The van der Waals surface area contributed by atoms with Gasteiger partial charge in [-0.1, -0.05) is 44.2 Å². The third-order valence-corrected chi connectivity index (χ3v) is 6.09. The summed E-state index contributed by atoms with van der Waals surface area (Å²) in [7, 11) is 3.48. The van der Waals surface area contributed by atoms with Crippen molar-refractivity contribution in [3.8, 4) is 11.1 Å². The van der Waals surface area contributed by atoms with Crippen molar-refractivity contribution in [2.45, 2.75) is 38.7 Å².